The molecule has 0 aliphatic rings. The topological polar surface area (TPSA) is 12.0 Å². The molecule has 0 aliphatic carbocycles. The predicted molar refractivity (Wildman–Crippen MR) is 76.2 cm³/mol. The average molecular weight is 290 g/mol. The highest BCUT2D eigenvalue weighted by atomic mass is 79.9. The molecule has 0 radical (unpaired) electrons. The van der Waals surface area contributed by atoms with Gasteiger partial charge in [-0.1, -0.05) is 57.9 Å². The molecule has 88 valence electrons. The van der Waals surface area contributed by atoms with Gasteiger partial charge in [-0.15, -0.1) is 0 Å². The van der Waals surface area contributed by atoms with Gasteiger partial charge in [0.2, 0.25) is 0 Å². The van der Waals surface area contributed by atoms with Crippen molar-refractivity contribution in [1.82, 2.24) is 5.32 Å². The van der Waals surface area contributed by atoms with E-state index < -0.39 is 0 Å². The fourth-order valence-corrected chi connectivity index (χ4v) is 2.30. The molecule has 0 bridgehead atoms. The summed E-state index contributed by atoms with van der Waals surface area (Å²) in [6, 6.07) is 17.3. The summed E-state index contributed by atoms with van der Waals surface area (Å²) in [5.41, 5.74) is 3.87. The summed E-state index contributed by atoms with van der Waals surface area (Å²) >= 11 is 3.46. The van der Waals surface area contributed by atoms with Crippen molar-refractivity contribution in [3.63, 3.8) is 0 Å². The van der Waals surface area contributed by atoms with Crippen LogP contribution in [0.5, 0.6) is 0 Å². The third kappa shape index (κ3) is 2.96. The molecular weight excluding hydrogens is 274 g/mol. The Kier molecular flexibility index (Phi) is 3.97. The van der Waals surface area contributed by atoms with E-state index in [0.29, 0.717) is 0 Å². The summed E-state index contributed by atoms with van der Waals surface area (Å²) in [5, 5.41) is 3.37. The van der Waals surface area contributed by atoms with Crippen LogP contribution >= 0.6 is 15.9 Å². The van der Waals surface area contributed by atoms with Crippen molar-refractivity contribution in [2.75, 3.05) is 7.05 Å². The van der Waals surface area contributed by atoms with Crippen molar-refractivity contribution in [2.24, 2.45) is 0 Å². The van der Waals surface area contributed by atoms with Crippen LogP contribution in [-0.2, 0) is 0 Å². The van der Waals surface area contributed by atoms with E-state index in [1.807, 2.05) is 7.05 Å². The van der Waals surface area contributed by atoms with Gasteiger partial charge in [-0.05, 0) is 37.2 Å². The lowest BCUT2D eigenvalue weighted by atomic mass is 9.98. The molecule has 1 unspecified atom stereocenters. The van der Waals surface area contributed by atoms with Crippen molar-refractivity contribution in [3.05, 3.63) is 69.7 Å². The van der Waals surface area contributed by atoms with Gasteiger partial charge >= 0.3 is 0 Å². The Morgan fingerprint density at radius 3 is 2.29 bits per heavy atom. The molecule has 0 amide bonds. The summed E-state index contributed by atoms with van der Waals surface area (Å²) in [4.78, 5) is 0. The zero-order valence-electron chi connectivity index (χ0n) is 10.1. The first-order valence-corrected chi connectivity index (χ1v) is 6.49. The summed E-state index contributed by atoms with van der Waals surface area (Å²) in [5.74, 6) is 0. The third-order valence-electron chi connectivity index (χ3n) is 2.87. The van der Waals surface area contributed by atoms with Gasteiger partial charge in [-0.2, -0.15) is 0 Å². The maximum absolute atomic E-state index is 3.46. The Labute approximate surface area is 111 Å². The standard InChI is InChI=1S/C15H16BrN/c1-11-4-3-5-13(10-11)15(17-2)12-6-8-14(16)9-7-12/h3-10,15,17H,1-2H3. The highest BCUT2D eigenvalue weighted by Crippen LogP contribution is 2.23. The highest BCUT2D eigenvalue weighted by Gasteiger charge is 2.11. The second kappa shape index (κ2) is 5.48. The second-order valence-corrected chi connectivity index (χ2v) is 5.10. The van der Waals surface area contributed by atoms with Gasteiger partial charge in [-0.25, -0.2) is 0 Å². The van der Waals surface area contributed by atoms with Crippen molar-refractivity contribution < 1.29 is 0 Å². The zero-order valence-corrected chi connectivity index (χ0v) is 11.7. The fraction of sp³-hybridized carbons (Fsp3) is 0.200. The lowest BCUT2D eigenvalue weighted by Crippen LogP contribution is -2.17. The zero-order chi connectivity index (χ0) is 12.3. The number of halogens is 1. The summed E-state index contributed by atoms with van der Waals surface area (Å²) in [6.07, 6.45) is 0. The number of rotatable bonds is 3. The van der Waals surface area contributed by atoms with Crippen LogP contribution in [0, 0.1) is 6.92 Å². The molecule has 2 rings (SSSR count). The van der Waals surface area contributed by atoms with Gasteiger partial charge in [0.05, 0.1) is 6.04 Å². The van der Waals surface area contributed by atoms with Gasteiger partial charge in [0.1, 0.15) is 0 Å². The first kappa shape index (κ1) is 12.3. The molecule has 0 aromatic heterocycles. The van der Waals surface area contributed by atoms with Crippen LogP contribution in [-0.4, -0.2) is 7.05 Å². The maximum atomic E-state index is 3.46. The van der Waals surface area contributed by atoms with Crippen LogP contribution < -0.4 is 5.32 Å². The van der Waals surface area contributed by atoms with Gasteiger partial charge in [0.25, 0.3) is 0 Å². The van der Waals surface area contributed by atoms with Crippen molar-refractivity contribution >= 4 is 15.9 Å². The molecule has 0 fully saturated rings. The Morgan fingerprint density at radius 1 is 1.00 bits per heavy atom. The molecule has 1 N–H and O–H groups in total. The van der Waals surface area contributed by atoms with Gasteiger partial charge < -0.3 is 5.32 Å². The minimum atomic E-state index is 0.253. The average Bonchev–Trinajstić information content (AvgIpc) is 2.33. The van der Waals surface area contributed by atoms with Crippen LogP contribution in [0.15, 0.2) is 53.0 Å². The number of aryl methyl sites for hydroxylation is 1. The highest BCUT2D eigenvalue weighted by molar-refractivity contribution is 9.10. The maximum Gasteiger partial charge on any atom is 0.0574 e. The molecule has 0 aliphatic heterocycles. The number of benzene rings is 2. The first-order valence-electron chi connectivity index (χ1n) is 5.70. The Morgan fingerprint density at radius 2 is 1.71 bits per heavy atom. The smallest absolute Gasteiger partial charge is 0.0574 e. The minimum Gasteiger partial charge on any atom is -0.309 e. The molecule has 0 saturated heterocycles. The van der Waals surface area contributed by atoms with E-state index in [4.69, 9.17) is 0 Å². The van der Waals surface area contributed by atoms with Crippen molar-refractivity contribution in [3.8, 4) is 0 Å². The first-order chi connectivity index (χ1) is 8.20. The number of nitrogens with one attached hydrogen (secondary N) is 1. The molecule has 0 saturated carbocycles. The normalized spacial score (nSPS) is 12.4. The van der Waals surface area contributed by atoms with Crippen LogP contribution in [0.4, 0.5) is 0 Å². The lowest BCUT2D eigenvalue weighted by molar-refractivity contribution is 0.691. The molecule has 2 aromatic rings. The van der Waals surface area contributed by atoms with Crippen LogP contribution in [0.25, 0.3) is 0 Å². The molecule has 0 spiro atoms. The van der Waals surface area contributed by atoms with E-state index in [2.05, 4.69) is 76.7 Å². The third-order valence-corrected chi connectivity index (χ3v) is 3.40. The van der Waals surface area contributed by atoms with Gasteiger partial charge in [0.15, 0.2) is 0 Å². The van der Waals surface area contributed by atoms with Crippen molar-refractivity contribution in [2.45, 2.75) is 13.0 Å². The van der Waals surface area contributed by atoms with Crippen LogP contribution in [0.3, 0.4) is 0 Å². The van der Waals surface area contributed by atoms with Crippen LogP contribution in [0.2, 0.25) is 0 Å². The summed E-state index contributed by atoms with van der Waals surface area (Å²) in [7, 11) is 2.00. The molecule has 2 heteroatoms. The van der Waals surface area contributed by atoms with Gasteiger partial charge in [-0.3, -0.25) is 0 Å². The van der Waals surface area contributed by atoms with E-state index in [9.17, 15) is 0 Å². The lowest BCUT2D eigenvalue weighted by Gasteiger charge is -2.17. The Bertz CT molecular complexity index is 491. The fourth-order valence-electron chi connectivity index (χ4n) is 2.03. The largest absolute Gasteiger partial charge is 0.309 e. The molecule has 17 heavy (non-hydrogen) atoms. The quantitative estimate of drug-likeness (QED) is 0.898. The van der Waals surface area contributed by atoms with Crippen LogP contribution in [0.1, 0.15) is 22.7 Å². The van der Waals surface area contributed by atoms with E-state index in [1.165, 1.54) is 16.7 Å². The molecule has 2 aromatic carbocycles. The number of hydrogen-bond donors (Lipinski definition) is 1. The SMILES string of the molecule is CNC(c1ccc(Br)cc1)c1cccc(C)c1. The Hall–Kier alpha value is -1.12. The molecular formula is C15H16BrN. The van der Waals surface area contributed by atoms with Gasteiger partial charge in [0, 0.05) is 4.47 Å². The van der Waals surface area contributed by atoms with E-state index in [0.717, 1.165) is 4.47 Å². The van der Waals surface area contributed by atoms with E-state index >= 15 is 0 Å². The number of hydrogen-bond acceptors (Lipinski definition) is 1. The summed E-state index contributed by atoms with van der Waals surface area (Å²) in [6.45, 7) is 2.12. The monoisotopic (exact) mass is 289 g/mol. The minimum absolute atomic E-state index is 0.253. The predicted octanol–water partition coefficient (Wildman–Crippen LogP) is 4.07. The second-order valence-electron chi connectivity index (χ2n) is 4.19. The molecule has 0 heterocycles. The molecule has 1 atom stereocenters. The summed E-state index contributed by atoms with van der Waals surface area (Å²) < 4.78 is 1.11. The van der Waals surface area contributed by atoms with E-state index in [-0.39, 0.29) is 6.04 Å². The van der Waals surface area contributed by atoms with Crippen molar-refractivity contribution in [1.29, 1.82) is 0 Å². The Balaban J connectivity index is 2.36. The molecule has 1 nitrogen and oxygen atoms in total. The van der Waals surface area contributed by atoms with E-state index in [1.54, 1.807) is 0 Å².